The second-order valence-corrected chi connectivity index (χ2v) is 7.09. The van der Waals surface area contributed by atoms with Gasteiger partial charge in [-0.3, -0.25) is 9.59 Å². The van der Waals surface area contributed by atoms with Crippen LogP contribution in [0.5, 0.6) is 0 Å². The van der Waals surface area contributed by atoms with Gasteiger partial charge in [-0.15, -0.1) is 0 Å². The van der Waals surface area contributed by atoms with E-state index in [1.54, 1.807) is 0 Å². The van der Waals surface area contributed by atoms with E-state index in [-0.39, 0.29) is 18.2 Å². The summed E-state index contributed by atoms with van der Waals surface area (Å²) in [4.78, 5) is 28.3. The minimum atomic E-state index is -0.283. The third-order valence-corrected chi connectivity index (χ3v) is 4.38. The normalized spacial score (nSPS) is 15.3. The molecule has 6 nitrogen and oxygen atoms in total. The van der Waals surface area contributed by atoms with E-state index in [4.69, 9.17) is 0 Å². The van der Waals surface area contributed by atoms with Crippen LogP contribution in [0, 0.1) is 5.92 Å². The Labute approximate surface area is 150 Å². The van der Waals surface area contributed by atoms with Crippen LogP contribution in [-0.2, 0) is 9.59 Å². The summed E-state index contributed by atoms with van der Waals surface area (Å²) in [6.07, 6.45) is 0.777. The van der Waals surface area contributed by atoms with Gasteiger partial charge in [0, 0.05) is 44.1 Å². The standard InChI is InChI=1S/C19H30N4O2/c1-15(2)8-9-20-18(24)14-19(25)21-16-4-6-17(7-5-16)23-12-10-22(3)11-13-23/h4-7,15H,8-14H2,1-3H3,(H,20,24)(H,21,25). The molecule has 1 aliphatic heterocycles. The topological polar surface area (TPSA) is 64.7 Å². The first-order chi connectivity index (χ1) is 11.9. The Morgan fingerprint density at radius 2 is 1.68 bits per heavy atom. The molecule has 2 N–H and O–H groups in total. The van der Waals surface area contributed by atoms with Crippen molar-refractivity contribution in [1.29, 1.82) is 0 Å². The van der Waals surface area contributed by atoms with Crippen LogP contribution < -0.4 is 15.5 Å². The quantitative estimate of drug-likeness (QED) is 0.741. The van der Waals surface area contributed by atoms with Gasteiger partial charge in [0.15, 0.2) is 0 Å². The lowest BCUT2D eigenvalue weighted by molar-refractivity contribution is -0.126. The fourth-order valence-electron chi connectivity index (χ4n) is 2.73. The molecule has 138 valence electrons. The molecule has 1 aromatic carbocycles. The molecule has 1 aliphatic rings. The van der Waals surface area contributed by atoms with Crippen LogP contribution in [0.25, 0.3) is 0 Å². The molecular formula is C19H30N4O2. The fourth-order valence-corrected chi connectivity index (χ4v) is 2.73. The number of carbonyl (C=O) groups excluding carboxylic acids is 2. The second-order valence-electron chi connectivity index (χ2n) is 7.09. The minimum absolute atomic E-state index is 0.141. The Morgan fingerprint density at radius 1 is 1.04 bits per heavy atom. The number of nitrogens with zero attached hydrogens (tertiary/aromatic N) is 2. The predicted molar refractivity (Wildman–Crippen MR) is 102 cm³/mol. The maximum Gasteiger partial charge on any atom is 0.233 e. The summed E-state index contributed by atoms with van der Waals surface area (Å²) in [5, 5.41) is 5.56. The molecule has 0 aliphatic carbocycles. The van der Waals surface area contributed by atoms with Crippen LogP contribution in [0.4, 0.5) is 11.4 Å². The fraction of sp³-hybridized carbons (Fsp3) is 0.579. The average molecular weight is 346 g/mol. The van der Waals surface area contributed by atoms with E-state index < -0.39 is 0 Å². The van der Waals surface area contributed by atoms with Gasteiger partial charge in [0.05, 0.1) is 0 Å². The molecule has 0 atom stereocenters. The molecule has 6 heteroatoms. The monoisotopic (exact) mass is 346 g/mol. The number of benzene rings is 1. The van der Waals surface area contributed by atoms with E-state index in [1.807, 2.05) is 24.3 Å². The number of likely N-dealkylation sites (N-methyl/N-ethyl adjacent to an activating group) is 1. The maximum absolute atomic E-state index is 12.0. The molecule has 1 saturated heterocycles. The molecule has 1 heterocycles. The van der Waals surface area contributed by atoms with Gasteiger partial charge in [0.2, 0.25) is 11.8 Å². The van der Waals surface area contributed by atoms with E-state index in [1.165, 1.54) is 0 Å². The van der Waals surface area contributed by atoms with E-state index in [0.717, 1.165) is 44.0 Å². The molecule has 0 bridgehead atoms. The van der Waals surface area contributed by atoms with Gasteiger partial charge >= 0.3 is 0 Å². The molecule has 0 radical (unpaired) electrons. The van der Waals surface area contributed by atoms with Crippen molar-refractivity contribution in [2.45, 2.75) is 26.7 Å². The van der Waals surface area contributed by atoms with Crippen molar-refractivity contribution in [2.75, 3.05) is 50.0 Å². The lowest BCUT2D eigenvalue weighted by Gasteiger charge is -2.34. The van der Waals surface area contributed by atoms with Crippen molar-refractivity contribution in [3.8, 4) is 0 Å². The maximum atomic E-state index is 12.0. The van der Waals surface area contributed by atoms with Crippen molar-refractivity contribution in [3.63, 3.8) is 0 Å². The number of anilines is 2. The van der Waals surface area contributed by atoms with E-state index in [0.29, 0.717) is 12.5 Å². The summed E-state index contributed by atoms with van der Waals surface area (Å²) in [6, 6.07) is 7.82. The number of rotatable bonds is 7. The molecular weight excluding hydrogens is 316 g/mol. The van der Waals surface area contributed by atoms with Gasteiger partial charge in [-0.25, -0.2) is 0 Å². The van der Waals surface area contributed by atoms with Crippen molar-refractivity contribution >= 4 is 23.2 Å². The molecule has 2 rings (SSSR count). The Balaban J connectivity index is 1.76. The Morgan fingerprint density at radius 3 is 2.28 bits per heavy atom. The van der Waals surface area contributed by atoms with Gasteiger partial charge in [-0.05, 0) is 43.7 Å². The molecule has 0 unspecified atom stereocenters. The first-order valence-electron chi connectivity index (χ1n) is 9.04. The third-order valence-electron chi connectivity index (χ3n) is 4.38. The summed E-state index contributed by atoms with van der Waals surface area (Å²) >= 11 is 0. The molecule has 1 aromatic rings. The van der Waals surface area contributed by atoms with Crippen LogP contribution in [0.15, 0.2) is 24.3 Å². The second kappa shape index (κ2) is 9.42. The minimum Gasteiger partial charge on any atom is -0.369 e. The van der Waals surface area contributed by atoms with Crippen LogP contribution in [0.3, 0.4) is 0 Å². The Bertz CT molecular complexity index is 563. The number of piperazine rings is 1. The lowest BCUT2D eigenvalue weighted by atomic mass is 10.1. The van der Waals surface area contributed by atoms with Crippen molar-refractivity contribution in [3.05, 3.63) is 24.3 Å². The molecule has 0 spiro atoms. The highest BCUT2D eigenvalue weighted by molar-refractivity contribution is 6.03. The van der Waals surface area contributed by atoms with Gasteiger partial charge in [0.25, 0.3) is 0 Å². The van der Waals surface area contributed by atoms with Gasteiger partial charge in [0.1, 0.15) is 6.42 Å². The highest BCUT2D eigenvalue weighted by Gasteiger charge is 2.14. The van der Waals surface area contributed by atoms with Gasteiger partial charge in [-0.2, -0.15) is 0 Å². The largest absolute Gasteiger partial charge is 0.369 e. The third kappa shape index (κ3) is 6.74. The Kier molecular flexibility index (Phi) is 7.25. The van der Waals surface area contributed by atoms with E-state index in [2.05, 4.69) is 41.3 Å². The number of hydrogen-bond acceptors (Lipinski definition) is 4. The predicted octanol–water partition coefficient (Wildman–Crippen LogP) is 1.93. The van der Waals surface area contributed by atoms with Crippen LogP contribution >= 0.6 is 0 Å². The van der Waals surface area contributed by atoms with Crippen LogP contribution in [0.2, 0.25) is 0 Å². The van der Waals surface area contributed by atoms with Crippen molar-refractivity contribution in [2.24, 2.45) is 5.92 Å². The lowest BCUT2D eigenvalue weighted by Crippen LogP contribution is -2.44. The summed E-state index contributed by atoms with van der Waals surface area (Å²) in [5.41, 5.74) is 1.88. The summed E-state index contributed by atoms with van der Waals surface area (Å²) in [5.74, 6) is 0.0227. The SMILES string of the molecule is CC(C)CCNC(=O)CC(=O)Nc1ccc(N2CCN(C)CC2)cc1. The summed E-state index contributed by atoms with van der Waals surface area (Å²) in [7, 11) is 2.13. The summed E-state index contributed by atoms with van der Waals surface area (Å²) in [6.45, 7) is 8.96. The number of carbonyl (C=O) groups is 2. The van der Waals surface area contributed by atoms with Gasteiger partial charge < -0.3 is 20.4 Å². The highest BCUT2D eigenvalue weighted by atomic mass is 16.2. The molecule has 0 aromatic heterocycles. The zero-order valence-corrected chi connectivity index (χ0v) is 15.5. The summed E-state index contributed by atoms with van der Waals surface area (Å²) < 4.78 is 0. The number of hydrogen-bond donors (Lipinski definition) is 2. The van der Waals surface area contributed by atoms with Crippen molar-refractivity contribution < 1.29 is 9.59 Å². The molecule has 25 heavy (non-hydrogen) atoms. The van der Waals surface area contributed by atoms with Crippen LogP contribution in [0.1, 0.15) is 26.7 Å². The first kappa shape index (κ1) is 19.2. The first-order valence-corrected chi connectivity index (χ1v) is 9.04. The smallest absolute Gasteiger partial charge is 0.233 e. The highest BCUT2D eigenvalue weighted by Crippen LogP contribution is 2.19. The average Bonchev–Trinajstić information content (AvgIpc) is 2.56. The van der Waals surface area contributed by atoms with Crippen LogP contribution in [-0.4, -0.2) is 56.5 Å². The molecule has 1 fully saturated rings. The zero-order chi connectivity index (χ0) is 18.2. The van der Waals surface area contributed by atoms with Crippen molar-refractivity contribution in [1.82, 2.24) is 10.2 Å². The molecule has 0 saturated carbocycles. The van der Waals surface area contributed by atoms with E-state index in [9.17, 15) is 9.59 Å². The molecule has 2 amide bonds. The Hall–Kier alpha value is -2.08. The zero-order valence-electron chi connectivity index (χ0n) is 15.5. The van der Waals surface area contributed by atoms with Gasteiger partial charge in [-0.1, -0.05) is 13.8 Å². The number of nitrogens with one attached hydrogen (secondary N) is 2. The number of amides is 2. The van der Waals surface area contributed by atoms with E-state index >= 15 is 0 Å².